The van der Waals surface area contributed by atoms with Crippen molar-refractivity contribution in [1.29, 1.82) is 0 Å². The lowest BCUT2D eigenvalue weighted by Crippen LogP contribution is -2.41. The number of hydrogen-bond acceptors (Lipinski definition) is 4. The van der Waals surface area contributed by atoms with Gasteiger partial charge in [0.25, 0.3) is 0 Å². The van der Waals surface area contributed by atoms with Crippen molar-refractivity contribution in [3.63, 3.8) is 0 Å². The standard InChI is InChI=1S/C13H17F2NO3/c1-18-11(17)9-2-3-10(19-9)12(8-16)4-6-13(14,15)7-5-12/h2-3H,4-8,16H2,1H3. The monoisotopic (exact) mass is 273 g/mol. The summed E-state index contributed by atoms with van der Waals surface area (Å²) in [6.45, 7) is 0.219. The Morgan fingerprint density at radius 1 is 1.37 bits per heavy atom. The molecule has 0 spiro atoms. The maximum atomic E-state index is 13.2. The van der Waals surface area contributed by atoms with Gasteiger partial charge in [0.05, 0.1) is 7.11 Å². The van der Waals surface area contributed by atoms with E-state index in [1.807, 2.05) is 0 Å². The smallest absolute Gasteiger partial charge is 0.373 e. The number of carbonyl (C=O) groups is 1. The summed E-state index contributed by atoms with van der Waals surface area (Å²) in [5.74, 6) is -2.65. The van der Waals surface area contributed by atoms with Gasteiger partial charge in [-0.25, -0.2) is 13.6 Å². The number of furan rings is 1. The fourth-order valence-corrected chi connectivity index (χ4v) is 2.48. The lowest BCUT2D eigenvalue weighted by atomic mass is 9.71. The molecule has 1 saturated carbocycles. The average molecular weight is 273 g/mol. The largest absolute Gasteiger partial charge is 0.463 e. The zero-order chi connectivity index (χ0) is 14.1. The zero-order valence-electron chi connectivity index (χ0n) is 10.7. The molecule has 0 unspecified atom stereocenters. The molecule has 106 valence electrons. The first-order chi connectivity index (χ1) is 8.92. The molecule has 0 saturated heterocycles. The van der Waals surface area contributed by atoms with E-state index in [1.165, 1.54) is 13.2 Å². The Hall–Kier alpha value is -1.43. The summed E-state index contributed by atoms with van der Waals surface area (Å²) in [4.78, 5) is 11.3. The van der Waals surface area contributed by atoms with E-state index < -0.39 is 17.3 Å². The summed E-state index contributed by atoms with van der Waals surface area (Å²) in [5.41, 5.74) is 5.15. The number of methoxy groups -OCH3 is 1. The molecule has 0 amide bonds. The average Bonchev–Trinajstić information content (AvgIpc) is 2.89. The fraction of sp³-hybridized carbons (Fsp3) is 0.615. The topological polar surface area (TPSA) is 65.5 Å². The lowest BCUT2D eigenvalue weighted by molar-refractivity contribution is -0.0534. The van der Waals surface area contributed by atoms with E-state index >= 15 is 0 Å². The second kappa shape index (κ2) is 4.92. The fourth-order valence-electron chi connectivity index (χ4n) is 2.48. The molecule has 0 bridgehead atoms. The predicted octanol–water partition coefficient (Wildman–Crippen LogP) is 2.47. The van der Waals surface area contributed by atoms with Gasteiger partial charge < -0.3 is 14.9 Å². The Bertz CT molecular complexity index is 460. The van der Waals surface area contributed by atoms with Crippen molar-refractivity contribution in [1.82, 2.24) is 0 Å². The van der Waals surface area contributed by atoms with Gasteiger partial charge in [-0.2, -0.15) is 0 Å². The van der Waals surface area contributed by atoms with Crippen molar-refractivity contribution >= 4 is 5.97 Å². The van der Waals surface area contributed by atoms with Gasteiger partial charge in [0.15, 0.2) is 0 Å². The first-order valence-electron chi connectivity index (χ1n) is 6.19. The minimum absolute atomic E-state index is 0.0719. The Labute approximate surface area is 109 Å². The van der Waals surface area contributed by atoms with E-state index in [9.17, 15) is 13.6 Å². The van der Waals surface area contributed by atoms with E-state index in [0.717, 1.165) is 0 Å². The first-order valence-corrected chi connectivity index (χ1v) is 6.19. The van der Waals surface area contributed by atoms with Crippen LogP contribution in [0.1, 0.15) is 42.0 Å². The molecule has 2 N–H and O–H groups in total. The van der Waals surface area contributed by atoms with Crippen molar-refractivity contribution in [2.24, 2.45) is 5.73 Å². The Morgan fingerprint density at radius 2 is 2.00 bits per heavy atom. The molecule has 6 heteroatoms. The van der Waals surface area contributed by atoms with Crippen LogP contribution in [0.5, 0.6) is 0 Å². The molecular weight excluding hydrogens is 256 g/mol. The first kappa shape index (κ1) is 14.0. The number of alkyl halides is 2. The number of carbonyl (C=O) groups excluding carboxylic acids is 1. The van der Waals surface area contributed by atoms with Crippen LogP contribution in [0.4, 0.5) is 8.78 Å². The zero-order valence-corrected chi connectivity index (χ0v) is 10.7. The molecule has 0 aromatic carbocycles. The highest BCUT2D eigenvalue weighted by Gasteiger charge is 2.45. The molecule has 0 radical (unpaired) electrons. The van der Waals surface area contributed by atoms with E-state index in [-0.39, 0.29) is 38.0 Å². The van der Waals surface area contributed by atoms with Gasteiger partial charge in [-0.1, -0.05) is 0 Å². The number of halogens is 2. The molecule has 1 aliphatic carbocycles. The minimum atomic E-state index is -2.63. The number of rotatable bonds is 3. The van der Waals surface area contributed by atoms with Crippen LogP contribution in [0, 0.1) is 0 Å². The molecule has 4 nitrogen and oxygen atoms in total. The quantitative estimate of drug-likeness (QED) is 0.859. The molecule has 19 heavy (non-hydrogen) atoms. The van der Waals surface area contributed by atoms with Gasteiger partial charge in [-0.3, -0.25) is 0 Å². The van der Waals surface area contributed by atoms with Crippen LogP contribution in [-0.4, -0.2) is 25.5 Å². The highest BCUT2D eigenvalue weighted by Crippen LogP contribution is 2.45. The normalized spacial score (nSPS) is 21.1. The summed E-state index contributed by atoms with van der Waals surface area (Å²) in [6, 6.07) is 3.12. The molecule has 1 fully saturated rings. The van der Waals surface area contributed by atoms with Crippen LogP contribution in [-0.2, 0) is 10.2 Å². The molecule has 0 aliphatic heterocycles. The minimum Gasteiger partial charge on any atom is -0.463 e. The van der Waals surface area contributed by atoms with Gasteiger partial charge in [0.1, 0.15) is 5.76 Å². The Balaban J connectivity index is 2.23. The highest BCUT2D eigenvalue weighted by molar-refractivity contribution is 5.86. The van der Waals surface area contributed by atoms with E-state index in [1.54, 1.807) is 6.07 Å². The van der Waals surface area contributed by atoms with Crippen molar-refractivity contribution in [2.45, 2.75) is 37.0 Å². The summed E-state index contributed by atoms with van der Waals surface area (Å²) in [6.07, 6.45) is 0.0895. The lowest BCUT2D eigenvalue weighted by Gasteiger charge is -2.37. The summed E-state index contributed by atoms with van der Waals surface area (Å²) >= 11 is 0. The Kier molecular flexibility index (Phi) is 3.62. The van der Waals surface area contributed by atoms with Crippen LogP contribution in [0.25, 0.3) is 0 Å². The number of nitrogens with two attached hydrogens (primary N) is 1. The summed E-state index contributed by atoms with van der Waals surface area (Å²) in [5, 5.41) is 0. The SMILES string of the molecule is COC(=O)c1ccc(C2(CN)CCC(F)(F)CC2)o1. The molecule has 1 aromatic rings. The molecule has 1 aromatic heterocycles. The molecule has 1 aliphatic rings. The van der Waals surface area contributed by atoms with Crippen LogP contribution in [0.3, 0.4) is 0 Å². The van der Waals surface area contributed by atoms with Gasteiger partial charge in [0.2, 0.25) is 11.7 Å². The number of hydrogen-bond donors (Lipinski definition) is 1. The van der Waals surface area contributed by atoms with E-state index in [2.05, 4.69) is 4.74 Å². The maximum Gasteiger partial charge on any atom is 0.373 e. The van der Waals surface area contributed by atoms with Gasteiger partial charge >= 0.3 is 5.97 Å². The molecule has 0 atom stereocenters. The van der Waals surface area contributed by atoms with Gasteiger partial charge in [-0.05, 0) is 25.0 Å². The molecular formula is C13H17F2NO3. The maximum absolute atomic E-state index is 13.2. The second-order valence-electron chi connectivity index (χ2n) is 5.00. The molecule has 2 rings (SSSR count). The Morgan fingerprint density at radius 3 is 2.53 bits per heavy atom. The summed E-state index contributed by atoms with van der Waals surface area (Å²) in [7, 11) is 1.25. The number of ether oxygens (including phenoxy) is 1. The summed E-state index contributed by atoms with van der Waals surface area (Å²) < 4.78 is 36.5. The number of esters is 1. The van der Waals surface area contributed by atoms with E-state index in [0.29, 0.717) is 5.76 Å². The molecule has 1 heterocycles. The van der Waals surface area contributed by atoms with Crippen molar-refractivity contribution in [2.75, 3.05) is 13.7 Å². The third-order valence-electron chi connectivity index (χ3n) is 3.84. The van der Waals surface area contributed by atoms with Gasteiger partial charge in [0, 0.05) is 24.8 Å². The van der Waals surface area contributed by atoms with Crippen LogP contribution in [0.2, 0.25) is 0 Å². The van der Waals surface area contributed by atoms with E-state index in [4.69, 9.17) is 10.2 Å². The highest BCUT2D eigenvalue weighted by atomic mass is 19.3. The van der Waals surface area contributed by atoms with Crippen LogP contribution < -0.4 is 5.73 Å². The second-order valence-corrected chi connectivity index (χ2v) is 5.00. The third-order valence-corrected chi connectivity index (χ3v) is 3.84. The van der Waals surface area contributed by atoms with Gasteiger partial charge in [-0.15, -0.1) is 0 Å². The van der Waals surface area contributed by atoms with Crippen molar-refractivity contribution in [3.8, 4) is 0 Å². The van der Waals surface area contributed by atoms with Crippen LogP contribution in [0.15, 0.2) is 16.5 Å². The third kappa shape index (κ3) is 2.63. The van der Waals surface area contributed by atoms with Crippen molar-refractivity contribution < 1.29 is 22.7 Å². The van der Waals surface area contributed by atoms with Crippen LogP contribution >= 0.6 is 0 Å². The predicted molar refractivity (Wildman–Crippen MR) is 64.2 cm³/mol. The van der Waals surface area contributed by atoms with Crippen molar-refractivity contribution in [3.05, 3.63) is 23.7 Å².